The van der Waals surface area contributed by atoms with Gasteiger partial charge in [-0.1, -0.05) is 22.9 Å². The van der Waals surface area contributed by atoms with Crippen molar-refractivity contribution in [3.63, 3.8) is 0 Å². The summed E-state index contributed by atoms with van der Waals surface area (Å²) >= 11 is 8.13. The second-order valence-corrected chi connectivity index (χ2v) is 7.72. The number of thioether (sulfide) groups is 1. The summed E-state index contributed by atoms with van der Waals surface area (Å²) in [4.78, 5) is 35.0. The van der Waals surface area contributed by atoms with Gasteiger partial charge in [-0.2, -0.15) is 0 Å². The van der Waals surface area contributed by atoms with Crippen molar-refractivity contribution in [1.82, 2.24) is 0 Å². The highest BCUT2D eigenvalue weighted by Crippen LogP contribution is 2.38. The third-order valence-corrected chi connectivity index (χ3v) is 5.77. The van der Waals surface area contributed by atoms with Crippen LogP contribution in [-0.4, -0.2) is 22.0 Å². The lowest BCUT2D eigenvalue weighted by Gasteiger charge is -2.23. The number of nitrogens with one attached hydrogen (secondary N) is 1. The zero-order chi connectivity index (χ0) is 18.0. The molecule has 1 amide bonds. The molecule has 7 nitrogen and oxygen atoms in total. The number of anilines is 1. The monoisotopic (exact) mass is 398 g/mol. The number of hydrogen-bond donors (Lipinski definition) is 1. The minimum Gasteiger partial charge on any atom is -0.461 e. The maximum Gasteiger partial charge on any atom is 0.324 e. The Bertz CT molecular complexity index is 854. The number of esters is 1. The lowest BCUT2D eigenvalue weighted by atomic mass is 10.2. The van der Waals surface area contributed by atoms with E-state index in [4.69, 9.17) is 16.3 Å². The van der Waals surface area contributed by atoms with Crippen molar-refractivity contribution in [1.29, 1.82) is 0 Å². The van der Waals surface area contributed by atoms with Crippen LogP contribution in [0.2, 0.25) is 5.02 Å². The standard InChI is InChI=1S/C15H11ClN2O5S2/c16-9-1-2-11-10(4-9)17-15(20)12(25-11)5-14(19)23-6-8-3-13(18(21)22)24-7-8/h1-4,7,12H,5-6H2,(H,17,20). The number of nitro groups is 1. The molecule has 2 aromatic rings. The molecule has 0 bridgehead atoms. The number of fused-ring (bicyclic) bond motifs is 1. The molecule has 1 aromatic carbocycles. The van der Waals surface area contributed by atoms with Gasteiger partial charge in [0.15, 0.2) is 0 Å². The van der Waals surface area contributed by atoms with Crippen LogP contribution in [0.4, 0.5) is 10.7 Å². The van der Waals surface area contributed by atoms with E-state index >= 15 is 0 Å². The lowest BCUT2D eigenvalue weighted by molar-refractivity contribution is -0.380. The number of hydrogen-bond acceptors (Lipinski definition) is 7. The van der Waals surface area contributed by atoms with Crippen LogP contribution in [-0.2, 0) is 20.9 Å². The first-order valence-electron chi connectivity index (χ1n) is 7.07. The SMILES string of the molecule is O=C(CC1Sc2ccc(Cl)cc2NC1=O)OCc1csc([N+](=O)[O-])c1. The fourth-order valence-electron chi connectivity index (χ4n) is 2.17. The average Bonchev–Trinajstić information content (AvgIpc) is 3.03. The number of carbonyl (C=O) groups is 2. The fourth-order valence-corrected chi connectivity index (χ4v) is 4.13. The van der Waals surface area contributed by atoms with Crippen molar-refractivity contribution < 1.29 is 19.2 Å². The molecule has 0 saturated heterocycles. The maximum atomic E-state index is 12.1. The predicted molar refractivity (Wildman–Crippen MR) is 95.1 cm³/mol. The third-order valence-electron chi connectivity index (χ3n) is 3.33. The molecule has 3 rings (SSSR count). The van der Waals surface area contributed by atoms with E-state index in [-0.39, 0.29) is 23.9 Å². The van der Waals surface area contributed by atoms with E-state index in [0.29, 0.717) is 16.3 Å². The average molecular weight is 399 g/mol. The summed E-state index contributed by atoms with van der Waals surface area (Å²) in [5.41, 5.74) is 1.17. The minimum absolute atomic E-state index is 0.0106. The summed E-state index contributed by atoms with van der Waals surface area (Å²) in [6, 6.07) is 6.51. The summed E-state index contributed by atoms with van der Waals surface area (Å²) in [5.74, 6) is -0.832. The minimum atomic E-state index is -0.599. The van der Waals surface area contributed by atoms with Gasteiger partial charge in [0.05, 0.1) is 22.3 Å². The Morgan fingerprint density at radius 1 is 1.40 bits per heavy atom. The van der Waals surface area contributed by atoms with Gasteiger partial charge in [0.25, 0.3) is 0 Å². The normalized spacial score (nSPS) is 16.0. The molecule has 0 fully saturated rings. The van der Waals surface area contributed by atoms with Crippen LogP contribution in [0.1, 0.15) is 12.0 Å². The van der Waals surface area contributed by atoms with Crippen LogP contribution in [0.25, 0.3) is 0 Å². The fraction of sp³-hybridized carbons (Fsp3) is 0.200. The van der Waals surface area contributed by atoms with Crippen LogP contribution < -0.4 is 5.32 Å². The largest absolute Gasteiger partial charge is 0.461 e. The van der Waals surface area contributed by atoms with Gasteiger partial charge in [-0.15, -0.1) is 11.8 Å². The maximum absolute atomic E-state index is 12.1. The third kappa shape index (κ3) is 4.30. The Kier molecular flexibility index (Phi) is 5.26. The number of amides is 1. The summed E-state index contributed by atoms with van der Waals surface area (Å²) < 4.78 is 5.11. The Morgan fingerprint density at radius 3 is 2.92 bits per heavy atom. The number of ether oxygens (including phenoxy) is 1. The van der Waals surface area contributed by atoms with E-state index in [1.165, 1.54) is 17.8 Å². The molecular formula is C15H11ClN2O5S2. The number of thiophene rings is 1. The van der Waals surface area contributed by atoms with Gasteiger partial charge < -0.3 is 10.1 Å². The number of rotatable bonds is 5. The van der Waals surface area contributed by atoms with Crippen LogP contribution >= 0.6 is 34.7 Å². The van der Waals surface area contributed by atoms with Gasteiger partial charge in [-0.05, 0) is 18.2 Å². The van der Waals surface area contributed by atoms with Gasteiger partial charge in [-0.3, -0.25) is 19.7 Å². The first kappa shape index (κ1) is 17.7. The summed E-state index contributed by atoms with van der Waals surface area (Å²) in [7, 11) is 0. The smallest absolute Gasteiger partial charge is 0.324 e. The van der Waals surface area contributed by atoms with Gasteiger partial charge in [0, 0.05) is 26.9 Å². The van der Waals surface area contributed by atoms with Gasteiger partial charge in [-0.25, -0.2) is 0 Å². The Labute approximate surface area is 155 Å². The van der Waals surface area contributed by atoms with Crippen molar-refractivity contribution in [2.75, 3.05) is 5.32 Å². The van der Waals surface area contributed by atoms with Gasteiger partial charge >= 0.3 is 11.0 Å². The molecular weight excluding hydrogens is 388 g/mol. The first-order chi connectivity index (χ1) is 11.9. The molecule has 25 heavy (non-hydrogen) atoms. The molecule has 1 aromatic heterocycles. The Hall–Kier alpha value is -2.10. The zero-order valence-corrected chi connectivity index (χ0v) is 15.0. The van der Waals surface area contributed by atoms with E-state index in [1.54, 1.807) is 23.6 Å². The summed E-state index contributed by atoms with van der Waals surface area (Å²) in [5, 5.41) is 14.8. The Morgan fingerprint density at radius 2 is 2.20 bits per heavy atom. The molecule has 0 aliphatic carbocycles. The highest BCUT2D eigenvalue weighted by molar-refractivity contribution is 8.01. The predicted octanol–water partition coefficient (Wildman–Crippen LogP) is 3.86. The van der Waals surface area contributed by atoms with Crippen LogP contribution in [0.15, 0.2) is 34.5 Å². The first-order valence-corrected chi connectivity index (χ1v) is 9.20. The van der Waals surface area contributed by atoms with Crippen molar-refractivity contribution in [3.8, 4) is 0 Å². The van der Waals surface area contributed by atoms with Crippen LogP contribution in [0.3, 0.4) is 0 Å². The highest BCUT2D eigenvalue weighted by atomic mass is 35.5. The molecule has 0 spiro atoms. The van der Waals surface area contributed by atoms with E-state index in [9.17, 15) is 19.7 Å². The highest BCUT2D eigenvalue weighted by Gasteiger charge is 2.29. The lowest BCUT2D eigenvalue weighted by Crippen LogP contribution is -2.31. The van der Waals surface area contributed by atoms with Crippen molar-refractivity contribution in [3.05, 3.63) is 50.3 Å². The van der Waals surface area contributed by atoms with Gasteiger partial charge in [0.1, 0.15) is 6.61 Å². The molecule has 1 atom stereocenters. The Balaban J connectivity index is 1.56. The topological polar surface area (TPSA) is 98.5 Å². The van der Waals surface area contributed by atoms with Crippen LogP contribution in [0, 0.1) is 10.1 Å². The number of benzene rings is 1. The second kappa shape index (κ2) is 7.42. The molecule has 0 saturated carbocycles. The zero-order valence-electron chi connectivity index (χ0n) is 12.6. The molecule has 1 aliphatic heterocycles. The van der Waals surface area contributed by atoms with Crippen molar-refractivity contribution >= 4 is 57.3 Å². The van der Waals surface area contributed by atoms with E-state index in [1.807, 2.05) is 0 Å². The quantitative estimate of drug-likeness (QED) is 0.466. The van der Waals surface area contributed by atoms with E-state index in [0.717, 1.165) is 16.2 Å². The molecule has 1 N–H and O–H groups in total. The van der Waals surface area contributed by atoms with Crippen LogP contribution in [0.5, 0.6) is 0 Å². The number of carbonyl (C=O) groups excluding carboxylic acids is 2. The molecule has 0 radical (unpaired) electrons. The molecule has 2 heterocycles. The molecule has 130 valence electrons. The summed E-state index contributed by atoms with van der Waals surface area (Å²) in [6.07, 6.45) is -0.0925. The van der Waals surface area contributed by atoms with Crippen molar-refractivity contribution in [2.24, 2.45) is 0 Å². The van der Waals surface area contributed by atoms with E-state index in [2.05, 4.69) is 5.32 Å². The van der Waals surface area contributed by atoms with E-state index < -0.39 is 16.1 Å². The number of halogens is 1. The molecule has 1 unspecified atom stereocenters. The van der Waals surface area contributed by atoms with Crippen molar-refractivity contribution in [2.45, 2.75) is 23.2 Å². The van der Waals surface area contributed by atoms with Gasteiger partial charge in [0.2, 0.25) is 5.91 Å². The second-order valence-electron chi connectivity index (χ2n) is 5.15. The number of nitrogens with zero attached hydrogens (tertiary/aromatic N) is 1. The summed E-state index contributed by atoms with van der Waals surface area (Å²) in [6.45, 7) is -0.0611. The molecule has 10 heteroatoms. The molecule has 1 aliphatic rings.